The summed E-state index contributed by atoms with van der Waals surface area (Å²) in [5, 5.41) is 4.39. The maximum absolute atomic E-state index is 13.2. The number of ether oxygens (including phenoxy) is 2. The van der Waals surface area contributed by atoms with E-state index in [-0.39, 0.29) is 39.3 Å². The summed E-state index contributed by atoms with van der Waals surface area (Å²) in [7, 11) is 1.55. The lowest BCUT2D eigenvalue weighted by Crippen LogP contribution is -2.44. The number of nitrogen functional groups attached to an aromatic ring is 1. The van der Waals surface area contributed by atoms with Crippen LogP contribution < -0.4 is 16.2 Å². The van der Waals surface area contributed by atoms with Crippen LogP contribution in [0, 0.1) is 6.92 Å². The van der Waals surface area contributed by atoms with Crippen molar-refractivity contribution >= 4 is 46.8 Å². The quantitative estimate of drug-likeness (QED) is 0.244. The predicted octanol–water partition coefficient (Wildman–Crippen LogP) is 5.44. The number of aryl methyl sites for hydroxylation is 1. The van der Waals surface area contributed by atoms with Crippen LogP contribution in [-0.2, 0) is 11.3 Å². The fourth-order valence-corrected chi connectivity index (χ4v) is 3.79. The van der Waals surface area contributed by atoms with Crippen LogP contribution in [0.2, 0.25) is 10.0 Å². The van der Waals surface area contributed by atoms with Gasteiger partial charge in [0.05, 0.1) is 29.4 Å². The highest BCUT2D eigenvalue weighted by atomic mass is 35.5. The second-order valence-corrected chi connectivity index (χ2v) is 9.82. The number of hydrogen-bond donors (Lipinski definition) is 2. The van der Waals surface area contributed by atoms with Crippen molar-refractivity contribution in [1.82, 2.24) is 10.1 Å². The van der Waals surface area contributed by atoms with E-state index in [9.17, 15) is 9.59 Å². The number of anilines is 1. The van der Waals surface area contributed by atoms with Crippen molar-refractivity contribution in [3.05, 3.63) is 63.3 Å². The first-order chi connectivity index (χ1) is 17.3. The van der Waals surface area contributed by atoms with Crippen LogP contribution in [0.15, 0.2) is 45.9 Å². The van der Waals surface area contributed by atoms with Crippen molar-refractivity contribution < 1.29 is 23.6 Å². The number of guanidine groups is 1. The van der Waals surface area contributed by atoms with Crippen LogP contribution in [0.5, 0.6) is 5.75 Å². The van der Waals surface area contributed by atoms with Crippen molar-refractivity contribution in [2.24, 2.45) is 10.7 Å². The van der Waals surface area contributed by atoms with Crippen molar-refractivity contribution in [1.29, 1.82) is 0 Å². The number of aliphatic imine (C=N–C) groups is 1. The highest BCUT2D eigenvalue weighted by molar-refractivity contribution is 6.38. The van der Waals surface area contributed by atoms with Gasteiger partial charge in [-0.25, -0.2) is 9.69 Å². The van der Waals surface area contributed by atoms with Gasteiger partial charge < -0.3 is 25.5 Å². The van der Waals surface area contributed by atoms with Gasteiger partial charge in [-0.3, -0.25) is 4.79 Å². The second kappa shape index (κ2) is 11.1. The van der Waals surface area contributed by atoms with Crippen LogP contribution in [0.1, 0.15) is 42.5 Å². The molecule has 0 spiro atoms. The van der Waals surface area contributed by atoms with E-state index in [0.29, 0.717) is 16.9 Å². The number of hydrogen-bond acceptors (Lipinski definition) is 7. The molecule has 0 bridgehead atoms. The minimum atomic E-state index is -0.845. The number of halogens is 2. The van der Waals surface area contributed by atoms with E-state index < -0.39 is 23.6 Å². The third-order valence-electron chi connectivity index (χ3n) is 5.03. The first kappa shape index (κ1) is 27.8. The molecule has 0 radical (unpaired) electrons. The van der Waals surface area contributed by atoms with E-state index in [1.165, 1.54) is 12.1 Å². The molecular formula is C25H27Cl2N5O5. The minimum absolute atomic E-state index is 0.0934. The van der Waals surface area contributed by atoms with Crippen molar-refractivity contribution in [3.8, 4) is 17.0 Å². The van der Waals surface area contributed by atoms with Crippen molar-refractivity contribution in [3.63, 3.8) is 0 Å². The third kappa shape index (κ3) is 6.72. The van der Waals surface area contributed by atoms with Crippen LogP contribution >= 0.6 is 23.2 Å². The lowest BCUT2D eigenvalue weighted by molar-refractivity contribution is 0.0357. The topological polar surface area (TPSA) is 146 Å². The maximum atomic E-state index is 13.2. The van der Waals surface area contributed by atoms with E-state index in [2.05, 4.69) is 10.1 Å². The molecular weight excluding hydrogens is 521 g/mol. The predicted molar refractivity (Wildman–Crippen MR) is 142 cm³/mol. The molecule has 0 aliphatic carbocycles. The van der Waals surface area contributed by atoms with E-state index in [0.717, 1.165) is 4.90 Å². The molecule has 196 valence electrons. The zero-order chi connectivity index (χ0) is 27.5. The number of nitrogens with two attached hydrogens (primary N) is 2. The number of nitrogens with zero attached hydrogens (tertiary/aromatic N) is 3. The van der Waals surface area contributed by atoms with Gasteiger partial charge in [-0.15, -0.1) is 0 Å². The molecule has 1 aromatic heterocycles. The molecule has 0 atom stereocenters. The minimum Gasteiger partial charge on any atom is -0.497 e. The number of amides is 2. The maximum Gasteiger partial charge on any atom is 0.417 e. The van der Waals surface area contributed by atoms with Gasteiger partial charge in [0.25, 0.3) is 5.91 Å². The molecule has 0 fully saturated rings. The molecule has 0 aliphatic heterocycles. The standard InChI is InChI=1S/C25H27Cl2N5O5/c1-13-19(21(31-37-13)15-6-8-16(35-5)9-7-15)22(33)30-23(29)32(24(34)36-25(2,3)4)12-14-10-17(26)20(28)18(27)11-14/h6-11H,12,28H2,1-5H3,(H2,29,30,33). The average Bonchev–Trinajstić information content (AvgIpc) is 3.21. The van der Waals surface area contributed by atoms with Gasteiger partial charge in [-0.2, -0.15) is 4.99 Å². The Kier molecular flexibility index (Phi) is 8.35. The molecule has 3 rings (SSSR count). The smallest absolute Gasteiger partial charge is 0.417 e. The monoisotopic (exact) mass is 547 g/mol. The second-order valence-electron chi connectivity index (χ2n) is 9.01. The summed E-state index contributed by atoms with van der Waals surface area (Å²) in [5.74, 6) is -0.308. The zero-order valence-corrected chi connectivity index (χ0v) is 22.5. The van der Waals surface area contributed by atoms with Crippen LogP contribution in [-0.4, -0.2) is 40.7 Å². The molecule has 0 aliphatic rings. The lowest BCUT2D eigenvalue weighted by Gasteiger charge is -2.26. The molecule has 12 heteroatoms. The van der Waals surface area contributed by atoms with Gasteiger partial charge in [-0.1, -0.05) is 28.4 Å². The van der Waals surface area contributed by atoms with Gasteiger partial charge in [0, 0.05) is 5.56 Å². The van der Waals surface area contributed by atoms with Gasteiger partial charge in [-0.05, 0) is 69.7 Å². The third-order valence-corrected chi connectivity index (χ3v) is 5.65. The average molecular weight is 548 g/mol. The number of carbonyl (C=O) groups is 2. The summed E-state index contributed by atoms with van der Waals surface area (Å²) in [4.78, 5) is 31.2. The molecule has 0 saturated heterocycles. The van der Waals surface area contributed by atoms with Crippen LogP contribution in [0.3, 0.4) is 0 Å². The van der Waals surface area contributed by atoms with Gasteiger partial charge in [0.15, 0.2) is 0 Å². The normalized spacial score (nSPS) is 11.8. The molecule has 10 nitrogen and oxygen atoms in total. The van der Waals surface area contributed by atoms with Crippen LogP contribution in [0.25, 0.3) is 11.3 Å². The van der Waals surface area contributed by atoms with Gasteiger partial charge >= 0.3 is 6.09 Å². The Balaban J connectivity index is 1.99. The van der Waals surface area contributed by atoms with E-state index in [1.54, 1.807) is 59.1 Å². The number of benzene rings is 2. The summed E-state index contributed by atoms with van der Waals surface area (Å²) < 4.78 is 15.9. The number of methoxy groups -OCH3 is 1. The Morgan fingerprint density at radius 2 is 1.73 bits per heavy atom. The summed E-state index contributed by atoms with van der Waals surface area (Å²) in [5.41, 5.74) is 12.8. The number of rotatable bonds is 5. The fraction of sp³-hybridized carbons (Fsp3) is 0.280. The largest absolute Gasteiger partial charge is 0.497 e. The summed E-state index contributed by atoms with van der Waals surface area (Å²) in [6.07, 6.45) is -0.831. The Bertz CT molecular complexity index is 1320. The Labute approximate surface area is 224 Å². The molecule has 37 heavy (non-hydrogen) atoms. The Morgan fingerprint density at radius 1 is 1.14 bits per heavy atom. The molecule has 4 N–H and O–H groups in total. The van der Waals surface area contributed by atoms with Crippen molar-refractivity contribution in [2.45, 2.75) is 39.8 Å². The first-order valence-electron chi connectivity index (χ1n) is 11.0. The molecule has 2 aromatic carbocycles. The summed E-state index contributed by atoms with van der Waals surface area (Å²) in [6, 6.07) is 9.95. The molecule has 0 saturated carbocycles. The van der Waals surface area contributed by atoms with Crippen LogP contribution in [0.4, 0.5) is 10.5 Å². The lowest BCUT2D eigenvalue weighted by atomic mass is 10.1. The highest BCUT2D eigenvalue weighted by Gasteiger charge is 2.28. The first-order valence-corrected chi connectivity index (χ1v) is 11.8. The molecule has 3 aromatic rings. The number of carbonyl (C=O) groups excluding carboxylic acids is 2. The van der Waals surface area contributed by atoms with E-state index >= 15 is 0 Å². The number of aromatic nitrogens is 1. The van der Waals surface area contributed by atoms with E-state index in [1.807, 2.05) is 0 Å². The Morgan fingerprint density at radius 3 is 2.27 bits per heavy atom. The Hall–Kier alpha value is -3.76. The molecule has 2 amide bonds. The molecule has 1 heterocycles. The molecule has 0 unspecified atom stereocenters. The van der Waals surface area contributed by atoms with E-state index in [4.69, 9.17) is 48.7 Å². The highest BCUT2D eigenvalue weighted by Crippen LogP contribution is 2.30. The fourth-order valence-electron chi connectivity index (χ4n) is 3.26. The SMILES string of the molecule is COc1ccc(-c2noc(C)c2C(=O)N=C(N)N(Cc2cc(Cl)c(N)c(Cl)c2)C(=O)OC(C)(C)C)cc1. The van der Waals surface area contributed by atoms with Gasteiger partial charge in [0.2, 0.25) is 5.96 Å². The summed E-state index contributed by atoms with van der Waals surface area (Å²) >= 11 is 12.3. The van der Waals surface area contributed by atoms with Crippen molar-refractivity contribution in [2.75, 3.05) is 12.8 Å². The van der Waals surface area contributed by atoms with Gasteiger partial charge in [0.1, 0.15) is 28.4 Å². The zero-order valence-electron chi connectivity index (χ0n) is 21.0. The summed E-state index contributed by atoms with van der Waals surface area (Å²) in [6.45, 7) is 6.51.